The number of fused-ring (bicyclic) bond motifs is 1. The van der Waals surface area contributed by atoms with E-state index in [-0.39, 0.29) is 24.5 Å². The summed E-state index contributed by atoms with van der Waals surface area (Å²) in [6.45, 7) is 0.608. The fourth-order valence-corrected chi connectivity index (χ4v) is 3.56. The average molecular weight is 381 g/mol. The van der Waals surface area contributed by atoms with Crippen LogP contribution in [0.4, 0.5) is 11.4 Å². The fraction of sp³-hybridized carbons (Fsp3) is 0.333. The van der Waals surface area contributed by atoms with Crippen LogP contribution in [0, 0.1) is 5.92 Å². The third-order valence-electron chi connectivity index (χ3n) is 5.20. The second-order valence-electron chi connectivity index (χ2n) is 7.14. The van der Waals surface area contributed by atoms with E-state index in [1.807, 2.05) is 12.1 Å². The fourth-order valence-electron chi connectivity index (χ4n) is 3.56. The minimum atomic E-state index is -0.271. The molecule has 2 aromatic rings. The first-order valence-electron chi connectivity index (χ1n) is 9.47. The average Bonchev–Trinajstić information content (AvgIpc) is 3.38. The first-order valence-corrected chi connectivity index (χ1v) is 9.47. The van der Waals surface area contributed by atoms with Gasteiger partial charge in [-0.25, -0.2) is 0 Å². The van der Waals surface area contributed by atoms with Gasteiger partial charge in [0.1, 0.15) is 0 Å². The van der Waals surface area contributed by atoms with Crippen molar-refractivity contribution >= 4 is 23.2 Å². The molecule has 2 amide bonds. The highest BCUT2D eigenvalue weighted by Gasteiger charge is 2.22. The van der Waals surface area contributed by atoms with Gasteiger partial charge in [0, 0.05) is 30.2 Å². The Kier molecular flexibility index (Phi) is 5.06. The predicted octanol–water partition coefficient (Wildman–Crippen LogP) is 3.06. The zero-order valence-electron chi connectivity index (χ0n) is 15.5. The van der Waals surface area contributed by atoms with Crippen molar-refractivity contribution in [1.82, 2.24) is 5.32 Å². The lowest BCUT2D eigenvalue weighted by atomic mass is 10.1. The van der Waals surface area contributed by atoms with E-state index in [1.54, 1.807) is 24.3 Å². The van der Waals surface area contributed by atoms with Crippen LogP contribution in [0.1, 0.15) is 41.6 Å². The Labute approximate surface area is 163 Å². The topological polar surface area (TPSA) is 103 Å². The summed E-state index contributed by atoms with van der Waals surface area (Å²) < 4.78 is 10.6. The number of hydrogen-bond acceptors (Lipinski definition) is 5. The van der Waals surface area contributed by atoms with Crippen LogP contribution in [-0.4, -0.2) is 18.6 Å². The largest absolute Gasteiger partial charge is 0.454 e. The van der Waals surface area contributed by atoms with Crippen LogP contribution in [-0.2, 0) is 11.3 Å². The minimum Gasteiger partial charge on any atom is -0.454 e. The molecule has 0 spiro atoms. The Balaban J connectivity index is 1.36. The van der Waals surface area contributed by atoms with Gasteiger partial charge in [0.25, 0.3) is 5.91 Å². The van der Waals surface area contributed by atoms with E-state index in [4.69, 9.17) is 15.2 Å². The van der Waals surface area contributed by atoms with Crippen LogP contribution >= 0.6 is 0 Å². The van der Waals surface area contributed by atoms with Gasteiger partial charge in [-0.3, -0.25) is 9.59 Å². The van der Waals surface area contributed by atoms with Crippen molar-refractivity contribution in [1.29, 1.82) is 0 Å². The summed E-state index contributed by atoms with van der Waals surface area (Å²) in [6.07, 6.45) is 4.23. The van der Waals surface area contributed by atoms with E-state index >= 15 is 0 Å². The molecule has 4 rings (SSSR count). The van der Waals surface area contributed by atoms with Gasteiger partial charge in [-0.05, 0) is 30.5 Å². The maximum Gasteiger partial charge on any atom is 0.255 e. The highest BCUT2D eigenvalue weighted by atomic mass is 16.7. The quantitative estimate of drug-likeness (QED) is 0.691. The lowest BCUT2D eigenvalue weighted by Gasteiger charge is -2.11. The Bertz CT molecular complexity index is 889. The van der Waals surface area contributed by atoms with Crippen molar-refractivity contribution in [2.24, 2.45) is 5.92 Å². The number of carbonyl (C=O) groups excluding carboxylic acids is 2. The number of anilines is 2. The molecule has 7 nitrogen and oxygen atoms in total. The van der Waals surface area contributed by atoms with E-state index in [0.717, 1.165) is 31.2 Å². The summed E-state index contributed by atoms with van der Waals surface area (Å²) >= 11 is 0. The monoisotopic (exact) mass is 381 g/mol. The van der Waals surface area contributed by atoms with Crippen molar-refractivity contribution in [2.45, 2.75) is 32.2 Å². The van der Waals surface area contributed by atoms with Gasteiger partial charge in [-0.1, -0.05) is 25.0 Å². The zero-order chi connectivity index (χ0) is 19.5. The van der Waals surface area contributed by atoms with Crippen LogP contribution in [0.5, 0.6) is 11.5 Å². The van der Waals surface area contributed by atoms with Gasteiger partial charge in [0.2, 0.25) is 12.7 Å². The molecule has 1 saturated carbocycles. The van der Waals surface area contributed by atoms with Gasteiger partial charge in [-0.2, -0.15) is 0 Å². The molecule has 1 heterocycles. The summed E-state index contributed by atoms with van der Waals surface area (Å²) in [6, 6.07) is 10.4. The standard InChI is InChI=1S/C21H23N3O4/c22-16-9-18-19(28-12-27-18)10-17(16)24-21(26)15-7-5-13(6-8-15)11-23-20(25)14-3-1-2-4-14/h5-10,14H,1-4,11-12,22H2,(H,23,25)(H,24,26). The first-order chi connectivity index (χ1) is 13.6. The summed E-state index contributed by atoms with van der Waals surface area (Å²) in [7, 11) is 0. The second-order valence-corrected chi connectivity index (χ2v) is 7.14. The number of hydrogen-bond donors (Lipinski definition) is 3. The molecule has 0 bridgehead atoms. The van der Waals surface area contributed by atoms with Crippen molar-refractivity contribution in [3.63, 3.8) is 0 Å². The molecule has 2 aromatic carbocycles. The predicted molar refractivity (Wildman–Crippen MR) is 105 cm³/mol. The van der Waals surface area contributed by atoms with E-state index in [9.17, 15) is 9.59 Å². The number of carbonyl (C=O) groups is 2. The molecule has 2 aliphatic rings. The molecular weight excluding hydrogens is 358 g/mol. The summed E-state index contributed by atoms with van der Waals surface area (Å²) in [5, 5.41) is 5.77. The van der Waals surface area contributed by atoms with Crippen molar-refractivity contribution in [3.8, 4) is 11.5 Å². The van der Waals surface area contributed by atoms with Crippen LogP contribution < -0.4 is 25.8 Å². The van der Waals surface area contributed by atoms with E-state index < -0.39 is 0 Å². The number of rotatable bonds is 5. The maximum absolute atomic E-state index is 12.5. The Morgan fingerprint density at radius 3 is 2.43 bits per heavy atom. The number of nitrogens with one attached hydrogen (secondary N) is 2. The molecule has 1 aliphatic heterocycles. The molecule has 0 aromatic heterocycles. The number of benzene rings is 2. The van der Waals surface area contributed by atoms with Crippen LogP contribution in [0.15, 0.2) is 36.4 Å². The molecule has 0 unspecified atom stereocenters. The van der Waals surface area contributed by atoms with E-state index in [0.29, 0.717) is 35.0 Å². The van der Waals surface area contributed by atoms with Crippen molar-refractivity contribution < 1.29 is 19.1 Å². The van der Waals surface area contributed by atoms with E-state index in [2.05, 4.69) is 10.6 Å². The molecule has 7 heteroatoms. The number of nitrogen functional groups attached to an aromatic ring is 1. The van der Waals surface area contributed by atoms with Crippen LogP contribution in [0.2, 0.25) is 0 Å². The third-order valence-corrected chi connectivity index (χ3v) is 5.20. The Hall–Kier alpha value is -3.22. The van der Waals surface area contributed by atoms with E-state index in [1.165, 1.54) is 0 Å². The molecule has 146 valence electrons. The van der Waals surface area contributed by atoms with Gasteiger partial charge in [0.05, 0.1) is 11.4 Å². The summed E-state index contributed by atoms with van der Waals surface area (Å²) in [5.74, 6) is 1.12. The molecule has 1 fully saturated rings. The smallest absolute Gasteiger partial charge is 0.255 e. The van der Waals surface area contributed by atoms with Gasteiger partial charge in [-0.15, -0.1) is 0 Å². The summed E-state index contributed by atoms with van der Waals surface area (Å²) in [5.41, 5.74) is 8.31. The molecule has 0 saturated heterocycles. The Morgan fingerprint density at radius 1 is 1.04 bits per heavy atom. The molecule has 0 atom stereocenters. The highest BCUT2D eigenvalue weighted by molar-refractivity contribution is 6.06. The SMILES string of the molecule is Nc1cc2c(cc1NC(=O)c1ccc(CNC(=O)C3CCCC3)cc1)OCO2. The zero-order valence-corrected chi connectivity index (χ0v) is 15.5. The van der Waals surface area contributed by atoms with Gasteiger partial charge in [0.15, 0.2) is 11.5 Å². The maximum atomic E-state index is 12.5. The first kappa shape index (κ1) is 18.2. The Morgan fingerprint density at radius 2 is 1.71 bits per heavy atom. The highest BCUT2D eigenvalue weighted by Crippen LogP contribution is 2.38. The minimum absolute atomic E-state index is 0.123. The normalized spacial score (nSPS) is 15.4. The molecule has 4 N–H and O–H groups in total. The van der Waals surface area contributed by atoms with Gasteiger partial charge < -0.3 is 25.8 Å². The third kappa shape index (κ3) is 3.88. The van der Waals surface area contributed by atoms with Crippen molar-refractivity contribution in [3.05, 3.63) is 47.5 Å². The van der Waals surface area contributed by atoms with Crippen molar-refractivity contribution in [2.75, 3.05) is 17.8 Å². The number of nitrogens with two attached hydrogens (primary N) is 1. The number of ether oxygens (including phenoxy) is 2. The molecule has 1 aliphatic carbocycles. The lowest BCUT2D eigenvalue weighted by Crippen LogP contribution is -2.28. The number of amides is 2. The molecule has 28 heavy (non-hydrogen) atoms. The van der Waals surface area contributed by atoms with Crippen LogP contribution in [0.25, 0.3) is 0 Å². The van der Waals surface area contributed by atoms with Gasteiger partial charge >= 0.3 is 0 Å². The molecular formula is C21H23N3O4. The lowest BCUT2D eigenvalue weighted by molar-refractivity contribution is -0.124. The summed E-state index contributed by atoms with van der Waals surface area (Å²) in [4.78, 5) is 24.6. The second kappa shape index (κ2) is 7.80. The molecule has 0 radical (unpaired) electrons. The van der Waals surface area contributed by atoms with Crippen LogP contribution in [0.3, 0.4) is 0 Å².